The molecule has 4 nitrogen and oxygen atoms in total. The van der Waals surface area contributed by atoms with Crippen LogP contribution in [0, 0.1) is 6.92 Å². The Labute approximate surface area is 109 Å². The van der Waals surface area contributed by atoms with Crippen LogP contribution in [-0.4, -0.2) is 11.9 Å². The van der Waals surface area contributed by atoms with Gasteiger partial charge in [-0.2, -0.15) is 0 Å². The summed E-state index contributed by atoms with van der Waals surface area (Å²) in [5.74, 6) is -0.229. The van der Waals surface area contributed by atoms with Gasteiger partial charge in [0.15, 0.2) is 0 Å². The van der Waals surface area contributed by atoms with Crippen molar-refractivity contribution in [1.82, 2.24) is 0 Å². The molecule has 4 heteroatoms. The highest BCUT2D eigenvalue weighted by molar-refractivity contribution is 5.73. The molecule has 0 aliphatic heterocycles. The van der Waals surface area contributed by atoms with Gasteiger partial charge in [0.25, 0.3) is 0 Å². The number of benzene rings is 1. The van der Waals surface area contributed by atoms with E-state index in [4.69, 9.17) is 11.5 Å². The second kappa shape index (κ2) is 6.89. The van der Waals surface area contributed by atoms with E-state index < -0.39 is 0 Å². The van der Waals surface area contributed by atoms with E-state index in [-0.39, 0.29) is 5.91 Å². The molecule has 0 aliphatic rings. The van der Waals surface area contributed by atoms with Crippen molar-refractivity contribution >= 4 is 17.3 Å². The Morgan fingerprint density at radius 2 is 2.17 bits per heavy atom. The molecule has 1 aromatic rings. The quantitative estimate of drug-likeness (QED) is 0.649. The average molecular weight is 249 g/mol. The van der Waals surface area contributed by atoms with Crippen LogP contribution in [0.1, 0.15) is 38.2 Å². The molecule has 1 unspecified atom stereocenters. The Morgan fingerprint density at radius 1 is 1.44 bits per heavy atom. The molecule has 0 saturated heterocycles. The number of carbonyl (C=O) groups is 1. The highest BCUT2D eigenvalue weighted by atomic mass is 16.1. The molecular weight excluding hydrogens is 226 g/mol. The molecule has 0 spiro atoms. The fourth-order valence-electron chi connectivity index (χ4n) is 1.90. The molecule has 0 saturated carbocycles. The van der Waals surface area contributed by atoms with E-state index >= 15 is 0 Å². The molecule has 18 heavy (non-hydrogen) atoms. The first kappa shape index (κ1) is 14.4. The number of nitrogen functional groups attached to an aromatic ring is 1. The predicted octanol–water partition coefficient (Wildman–Crippen LogP) is 2.42. The Kier molecular flexibility index (Phi) is 5.49. The fraction of sp³-hybridized carbons (Fsp3) is 0.500. The van der Waals surface area contributed by atoms with Crippen LogP contribution in [0.2, 0.25) is 0 Å². The second-order valence-corrected chi connectivity index (χ2v) is 4.68. The van der Waals surface area contributed by atoms with E-state index in [2.05, 4.69) is 12.2 Å². The van der Waals surface area contributed by atoms with Gasteiger partial charge in [-0.1, -0.05) is 6.92 Å². The average Bonchev–Trinajstić information content (AvgIpc) is 2.32. The van der Waals surface area contributed by atoms with Gasteiger partial charge in [-0.3, -0.25) is 4.79 Å². The minimum absolute atomic E-state index is 0.229. The van der Waals surface area contributed by atoms with Crippen LogP contribution < -0.4 is 16.8 Å². The Morgan fingerprint density at radius 3 is 2.72 bits per heavy atom. The first-order chi connectivity index (χ1) is 8.52. The van der Waals surface area contributed by atoms with Crippen LogP contribution in [0.4, 0.5) is 11.4 Å². The van der Waals surface area contributed by atoms with Crippen molar-refractivity contribution in [3.8, 4) is 0 Å². The molecule has 1 aromatic carbocycles. The molecule has 100 valence electrons. The summed E-state index contributed by atoms with van der Waals surface area (Å²) in [7, 11) is 0. The van der Waals surface area contributed by atoms with Gasteiger partial charge in [0.05, 0.1) is 0 Å². The predicted molar refractivity (Wildman–Crippen MR) is 76.3 cm³/mol. The van der Waals surface area contributed by atoms with E-state index in [1.807, 2.05) is 25.1 Å². The maximum Gasteiger partial charge on any atom is 0.217 e. The normalized spacial score (nSPS) is 12.1. The SMILES string of the molecule is CCC(CCCC(N)=O)Nc1ccc(N)c(C)c1. The Balaban J connectivity index is 2.51. The third kappa shape index (κ3) is 4.65. The summed E-state index contributed by atoms with van der Waals surface area (Å²) in [5.41, 5.74) is 13.9. The lowest BCUT2D eigenvalue weighted by Crippen LogP contribution is -2.19. The number of nitrogens with one attached hydrogen (secondary N) is 1. The smallest absolute Gasteiger partial charge is 0.217 e. The van der Waals surface area contributed by atoms with E-state index in [9.17, 15) is 4.79 Å². The third-order valence-corrected chi connectivity index (χ3v) is 3.11. The first-order valence-corrected chi connectivity index (χ1v) is 6.44. The molecule has 0 aromatic heterocycles. The summed E-state index contributed by atoms with van der Waals surface area (Å²) >= 11 is 0. The number of aryl methyl sites for hydroxylation is 1. The van der Waals surface area contributed by atoms with Crippen LogP contribution in [0.15, 0.2) is 18.2 Å². The summed E-state index contributed by atoms with van der Waals surface area (Å²) < 4.78 is 0. The highest BCUT2D eigenvalue weighted by Crippen LogP contribution is 2.19. The number of hydrogen-bond acceptors (Lipinski definition) is 3. The van der Waals surface area contributed by atoms with Gasteiger partial charge in [-0.05, 0) is 49.9 Å². The largest absolute Gasteiger partial charge is 0.399 e. The number of primary amides is 1. The molecule has 1 atom stereocenters. The van der Waals surface area contributed by atoms with Crippen molar-refractivity contribution in [3.05, 3.63) is 23.8 Å². The Hall–Kier alpha value is -1.71. The van der Waals surface area contributed by atoms with E-state index in [0.717, 1.165) is 36.2 Å². The third-order valence-electron chi connectivity index (χ3n) is 3.11. The number of hydrogen-bond donors (Lipinski definition) is 3. The molecule has 0 heterocycles. The number of carbonyl (C=O) groups excluding carboxylic acids is 1. The van der Waals surface area contributed by atoms with Crippen molar-refractivity contribution in [2.45, 2.75) is 45.6 Å². The molecule has 0 fully saturated rings. The number of nitrogens with two attached hydrogens (primary N) is 2. The van der Waals surface area contributed by atoms with Gasteiger partial charge in [-0.25, -0.2) is 0 Å². The van der Waals surface area contributed by atoms with Crippen LogP contribution in [0.25, 0.3) is 0 Å². The summed E-state index contributed by atoms with van der Waals surface area (Å²) in [6.45, 7) is 4.13. The summed E-state index contributed by atoms with van der Waals surface area (Å²) in [6.07, 6.45) is 3.25. The number of anilines is 2. The van der Waals surface area contributed by atoms with Gasteiger partial charge in [0.2, 0.25) is 5.91 Å². The maximum absolute atomic E-state index is 10.7. The van der Waals surface area contributed by atoms with Crippen molar-refractivity contribution in [3.63, 3.8) is 0 Å². The molecule has 1 rings (SSSR count). The van der Waals surface area contributed by atoms with E-state index in [1.54, 1.807) is 0 Å². The maximum atomic E-state index is 10.7. The van der Waals surface area contributed by atoms with E-state index in [1.165, 1.54) is 0 Å². The standard InChI is InChI=1S/C14H23N3O/c1-3-11(5-4-6-14(16)18)17-12-7-8-13(15)10(2)9-12/h7-9,11,17H,3-6,15H2,1-2H3,(H2,16,18). The van der Waals surface area contributed by atoms with Crippen LogP contribution in [-0.2, 0) is 4.79 Å². The van der Waals surface area contributed by atoms with Gasteiger partial charge >= 0.3 is 0 Å². The minimum atomic E-state index is -0.229. The van der Waals surface area contributed by atoms with Crippen molar-refractivity contribution in [1.29, 1.82) is 0 Å². The number of amides is 1. The lowest BCUT2D eigenvalue weighted by molar-refractivity contribution is -0.118. The molecule has 0 bridgehead atoms. The van der Waals surface area contributed by atoms with Crippen LogP contribution in [0.3, 0.4) is 0 Å². The lowest BCUT2D eigenvalue weighted by Gasteiger charge is -2.18. The lowest BCUT2D eigenvalue weighted by atomic mass is 10.1. The summed E-state index contributed by atoms with van der Waals surface area (Å²) in [5, 5.41) is 3.46. The molecule has 0 aliphatic carbocycles. The van der Waals surface area contributed by atoms with Crippen molar-refractivity contribution in [2.24, 2.45) is 5.73 Å². The molecule has 5 N–H and O–H groups in total. The topological polar surface area (TPSA) is 81.1 Å². The van der Waals surface area contributed by atoms with Gasteiger partial charge in [0.1, 0.15) is 0 Å². The minimum Gasteiger partial charge on any atom is -0.399 e. The van der Waals surface area contributed by atoms with Gasteiger partial charge < -0.3 is 16.8 Å². The van der Waals surface area contributed by atoms with Crippen molar-refractivity contribution in [2.75, 3.05) is 11.1 Å². The molecule has 1 amide bonds. The first-order valence-electron chi connectivity index (χ1n) is 6.44. The van der Waals surface area contributed by atoms with Crippen LogP contribution >= 0.6 is 0 Å². The summed E-state index contributed by atoms with van der Waals surface area (Å²) in [6, 6.07) is 6.31. The number of rotatable bonds is 7. The highest BCUT2D eigenvalue weighted by Gasteiger charge is 2.07. The zero-order chi connectivity index (χ0) is 13.5. The fourth-order valence-corrected chi connectivity index (χ4v) is 1.90. The molecular formula is C14H23N3O. The van der Waals surface area contributed by atoms with Gasteiger partial charge in [-0.15, -0.1) is 0 Å². The van der Waals surface area contributed by atoms with Crippen molar-refractivity contribution < 1.29 is 4.79 Å². The summed E-state index contributed by atoms with van der Waals surface area (Å²) in [4.78, 5) is 10.7. The molecule has 0 radical (unpaired) electrons. The van der Waals surface area contributed by atoms with E-state index in [0.29, 0.717) is 12.5 Å². The monoisotopic (exact) mass is 249 g/mol. The second-order valence-electron chi connectivity index (χ2n) is 4.68. The van der Waals surface area contributed by atoms with Crippen LogP contribution in [0.5, 0.6) is 0 Å². The Bertz CT molecular complexity index is 404. The van der Waals surface area contributed by atoms with Gasteiger partial charge in [0, 0.05) is 23.8 Å². The zero-order valence-corrected chi connectivity index (χ0v) is 11.2. The zero-order valence-electron chi connectivity index (χ0n) is 11.2.